The standard InChI is InChI=1S/C16H25N3/c1-4-5-14-6-8-16(12-17,9-7-14)11-15-10-13(2)18-19(15)3/h10,14H,4-9,11H2,1-3H3. The fourth-order valence-electron chi connectivity index (χ4n) is 3.43. The first-order valence-electron chi connectivity index (χ1n) is 7.49. The second kappa shape index (κ2) is 5.77. The molecule has 2 rings (SSSR count). The molecule has 0 bridgehead atoms. The molecule has 1 aliphatic rings. The summed E-state index contributed by atoms with van der Waals surface area (Å²) in [6.07, 6.45) is 8.00. The van der Waals surface area contributed by atoms with Gasteiger partial charge in [-0.25, -0.2) is 0 Å². The molecule has 0 N–H and O–H groups in total. The summed E-state index contributed by atoms with van der Waals surface area (Å²) in [7, 11) is 1.98. The smallest absolute Gasteiger partial charge is 0.0693 e. The first-order valence-corrected chi connectivity index (χ1v) is 7.49. The zero-order valence-corrected chi connectivity index (χ0v) is 12.4. The Morgan fingerprint density at radius 3 is 2.63 bits per heavy atom. The monoisotopic (exact) mass is 259 g/mol. The SMILES string of the molecule is CCCC1CCC(C#N)(Cc2cc(C)nn2C)CC1. The van der Waals surface area contributed by atoms with Crippen molar-refractivity contribution < 1.29 is 0 Å². The molecule has 3 nitrogen and oxygen atoms in total. The summed E-state index contributed by atoms with van der Waals surface area (Å²) in [6, 6.07) is 4.75. The predicted molar refractivity (Wildman–Crippen MR) is 76.6 cm³/mol. The van der Waals surface area contributed by atoms with Crippen LogP contribution in [-0.4, -0.2) is 9.78 Å². The Hall–Kier alpha value is -1.30. The van der Waals surface area contributed by atoms with Crippen molar-refractivity contribution in [2.45, 2.75) is 58.8 Å². The Morgan fingerprint density at radius 2 is 2.16 bits per heavy atom. The zero-order chi connectivity index (χ0) is 13.9. The van der Waals surface area contributed by atoms with E-state index in [1.165, 1.54) is 31.4 Å². The highest BCUT2D eigenvalue weighted by Gasteiger charge is 2.36. The lowest BCUT2D eigenvalue weighted by Gasteiger charge is -2.35. The number of hydrogen-bond acceptors (Lipinski definition) is 2. The summed E-state index contributed by atoms with van der Waals surface area (Å²) in [4.78, 5) is 0. The first kappa shape index (κ1) is 14.1. The number of aromatic nitrogens is 2. The lowest BCUT2D eigenvalue weighted by molar-refractivity contribution is 0.198. The van der Waals surface area contributed by atoms with Gasteiger partial charge in [-0.2, -0.15) is 10.4 Å². The third kappa shape index (κ3) is 3.18. The van der Waals surface area contributed by atoms with Gasteiger partial charge in [0.1, 0.15) is 0 Å². The van der Waals surface area contributed by atoms with Crippen LogP contribution in [0.25, 0.3) is 0 Å². The largest absolute Gasteiger partial charge is 0.272 e. The molecule has 0 saturated heterocycles. The number of nitriles is 1. The molecule has 0 radical (unpaired) electrons. The minimum absolute atomic E-state index is 0.148. The van der Waals surface area contributed by atoms with Crippen molar-refractivity contribution in [1.82, 2.24) is 9.78 Å². The maximum Gasteiger partial charge on any atom is 0.0693 e. The van der Waals surface area contributed by atoms with E-state index in [0.29, 0.717) is 0 Å². The molecule has 104 valence electrons. The van der Waals surface area contributed by atoms with Crippen molar-refractivity contribution in [2.24, 2.45) is 18.4 Å². The van der Waals surface area contributed by atoms with E-state index in [1.54, 1.807) is 0 Å². The Labute approximate surface area is 116 Å². The average Bonchev–Trinajstić information content (AvgIpc) is 2.70. The van der Waals surface area contributed by atoms with Gasteiger partial charge in [-0.3, -0.25) is 4.68 Å². The number of aryl methyl sites for hydroxylation is 2. The molecule has 1 saturated carbocycles. The summed E-state index contributed by atoms with van der Waals surface area (Å²) >= 11 is 0. The molecule has 19 heavy (non-hydrogen) atoms. The summed E-state index contributed by atoms with van der Waals surface area (Å²) in [6.45, 7) is 4.27. The second-order valence-electron chi connectivity index (χ2n) is 6.20. The lowest BCUT2D eigenvalue weighted by Crippen LogP contribution is -2.29. The van der Waals surface area contributed by atoms with Gasteiger partial charge in [-0.1, -0.05) is 19.8 Å². The van der Waals surface area contributed by atoms with Crippen LogP contribution in [-0.2, 0) is 13.5 Å². The van der Waals surface area contributed by atoms with Crippen molar-refractivity contribution in [2.75, 3.05) is 0 Å². The van der Waals surface area contributed by atoms with Gasteiger partial charge in [-0.15, -0.1) is 0 Å². The van der Waals surface area contributed by atoms with E-state index in [2.05, 4.69) is 24.2 Å². The second-order valence-corrected chi connectivity index (χ2v) is 6.20. The van der Waals surface area contributed by atoms with E-state index >= 15 is 0 Å². The molecule has 1 aromatic rings. The maximum atomic E-state index is 9.64. The number of rotatable bonds is 4. The normalized spacial score (nSPS) is 27.2. The summed E-state index contributed by atoms with van der Waals surface area (Å²) in [5.74, 6) is 0.847. The molecule has 1 heterocycles. The highest BCUT2D eigenvalue weighted by atomic mass is 15.3. The Kier molecular flexibility index (Phi) is 4.29. The predicted octanol–water partition coefficient (Wildman–Crippen LogP) is 3.77. The van der Waals surface area contributed by atoms with Crippen molar-refractivity contribution in [3.8, 4) is 6.07 Å². The van der Waals surface area contributed by atoms with Gasteiger partial charge in [0.25, 0.3) is 0 Å². The summed E-state index contributed by atoms with van der Waals surface area (Å²) < 4.78 is 1.94. The van der Waals surface area contributed by atoms with Crippen LogP contribution >= 0.6 is 0 Å². The molecule has 0 amide bonds. The molecule has 1 aromatic heterocycles. The summed E-state index contributed by atoms with van der Waals surface area (Å²) in [5.41, 5.74) is 2.10. The van der Waals surface area contributed by atoms with Crippen LogP contribution < -0.4 is 0 Å². The fraction of sp³-hybridized carbons (Fsp3) is 0.750. The highest BCUT2D eigenvalue weighted by molar-refractivity contribution is 5.15. The van der Waals surface area contributed by atoms with E-state index in [9.17, 15) is 5.26 Å². The highest BCUT2D eigenvalue weighted by Crippen LogP contribution is 2.42. The van der Waals surface area contributed by atoms with Crippen LogP contribution in [0.3, 0.4) is 0 Å². The molecule has 0 atom stereocenters. The van der Waals surface area contributed by atoms with E-state index in [4.69, 9.17) is 0 Å². The molecule has 0 aromatic carbocycles. The molecular formula is C16H25N3. The van der Waals surface area contributed by atoms with Crippen molar-refractivity contribution in [3.05, 3.63) is 17.5 Å². The van der Waals surface area contributed by atoms with Crippen LogP contribution in [0.2, 0.25) is 0 Å². The van der Waals surface area contributed by atoms with Gasteiger partial charge in [0.05, 0.1) is 17.2 Å². The van der Waals surface area contributed by atoms with Gasteiger partial charge < -0.3 is 0 Å². The first-order chi connectivity index (χ1) is 9.08. The van der Waals surface area contributed by atoms with Crippen LogP contribution in [0.15, 0.2) is 6.07 Å². The van der Waals surface area contributed by atoms with Gasteiger partial charge in [0.2, 0.25) is 0 Å². The lowest BCUT2D eigenvalue weighted by atomic mass is 9.68. The Morgan fingerprint density at radius 1 is 1.47 bits per heavy atom. The van der Waals surface area contributed by atoms with Gasteiger partial charge >= 0.3 is 0 Å². The molecule has 0 spiro atoms. The fourth-order valence-corrected chi connectivity index (χ4v) is 3.43. The van der Waals surface area contributed by atoms with Crippen molar-refractivity contribution >= 4 is 0 Å². The van der Waals surface area contributed by atoms with E-state index in [1.807, 2.05) is 18.7 Å². The van der Waals surface area contributed by atoms with Crippen LogP contribution in [0.5, 0.6) is 0 Å². The number of nitrogens with zero attached hydrogens (tertiary/aromatic N) is 3. The van der Waals surface area contributed by atoms with E-state index in [-0.39, 0.29) is 5.41 Å². The topological polar surface area (TPSA) is 41.6 Å². The number of hydrogen-bond donors (Lipinski definition) is 0. The van der Waals surface area contributed by atoms with Crippen molar-refractivity contribution in [3.63, 3.8) is 0 Å². The van der Waals surface area contributed by atoms with E-state index in [0.717, 1.165) is 30.9 Å². The average molecular weight is 259 g/mol. The molecule has 0 unspecified atom stereocenters. The minimum Gasteiger partial charge on any atom is -0.272 e. The Balaban J connectivity index is 2.05. The van der Waals surface area contributed by atoms with Crippen molar-refractivity contribution in [1.29, 1.82) is 5.26 Å². The van der Waals surface area contributed by atoms with Crippen LogP contribution in [0.1, 0.15) is 56.8 Å². The maximum absolute atomic E-state index is 9.64. The van der Waals surface area contributed by atoms with Crippen LogP contribution in [0, 0.1) is 29.6 Å². The molecule has 1 fully saturated rings. The molecule has 0 aliphatic heterocycles. The van der Waals surface area contributed by atoms with Gasteiger partial charge in [0, 0.05) is 19.2 Å². The Bertz CT molecular complexity index is 459. The zero-order valence-electron chi connectivity index (χ0n) is 12.4. The molecular weight excluding hydrogens is 234 g/mol. The van der Waals surface area contributed by atoms with E-state index < -0.39 is 0 Å². The van der Waals surface area contributed by atoms with Gasteiger partial charge in [0.15, 0.2) is 0 Å². The van der Waals surface area contributed by atoms with Crippen LogP contribution in [0.4, 0.5) is 0 Å². The quantitative estimate of drug-likeness (QED) is 0.826. The molecule has 1 aliphatic carbocycles. The third-order valence-corrected chi connectivity index (χ3v) is 4.61. The molecule has 3 heteroatoms. The summed E-state index contributed by atoms with van der Waals surface area (Å²) in [5, 5.41) is 14.0. The minimum atomic E-state index is -0.148. The third-order valence-electron chi connectivity index (χ3n) is 4.61. The van der Waals surface area contributed by atoms with Gasteiger partial charge in [-0.05, 0) is 44.6 Å².